The Balaban J connectivity index is 1.40. The molecule has 2 aliphatic rings. The van der Waals surface area contributed by atoms with Crippen LogP contribution in [0.25, 0.3) is 0 Å². The minimum Gasteiger partial charge on any atom is -0.493 e. The standard InChI is InChI=1S/C24H32N2O2/c1-27-23-14-13-21(17-24(23)28-22-9-5-6-10-22)26-16-15-25-20(18-26)12-11-19-7-3-2-4-8-19/h2-4,7-8,13-14,17,20,22,25H,5-6,9-12,15-16,18H2,1H3/t20-/m1/s1. The van der Waals surface area contributed by atoms with Gasteiger partial charge in [-0.3, -0.25) is 0 Å². The molecule has 1 aliphatic heterocycles. The molecule has 0 spiro atoms. The molecular weight excluding hydrogens is 348 g/mol. The molecule has 0 unspecified atom stereocenters. The number of nitrogens with one attached hydrogen (secondary N) is 1. The predicted molar refractivity (Wildman–Crippen MR) is 115 cm³/mol. The Morgan fingerprint density at radius 3 is 2.64 bits per heavy atom. The van der Waals surface area contributed by atoms with Crippen LogP contribution in [0.15, 0.2) is 48.5 Å². The maximum atomic E-state index is 6.29. The third-order valence-corrected chi connectivity index (χ3v) is 5.99. The number of anilines is 1. The summed E-state index contributed by atoms with van der Waals surface area (Å²) in [6.07, 6.45) is 7.46. The van der Waals surface area contributed by atoms with Crippen LogP contribution in [0.4, 0.5) is 5.69 Å². The first-order chi connectivity index (χ1) is 13.8. The summed E-state index contributed by atoms with van der Waals surface area (Å²) < 4.78 is 11.8. The quantitative estimate of drug-likeness (QED) is 0.771. The fourth-order valence-corrected chi connectivity index (χ4v) is 4.38. The highest BCUT2D eigenvalue weighted by atomic mass is 16.5. The van der Waals surface area contributed by atoms with E-state index < -0.39 is 0 Å². The molecule has 0 bridgehead atoms. The van der Waals surface area contributed by atoms with Crippen LogP contribution in [0.3, 0.4) is 0 Å². The number of methoxy groups -OCH3 is 1. The number of benzene rings is 2. The Morgan fingerprint density at radius 1 is 1.04 bits per heavy atom. The zero-order chi connectivity index (χ0) is 19.2. The van der Waals surface area contributed by atoms with E-state index in [1.54, 1.807) is 7.11 Å². The minimum atomic E-state index is 0.339. The van der Waals surface area contributed by atoms with Gasteiger partial charge in [0.2, 0.25) is 0 Å². The number of hydrogen-bond donors (Lipinski definition) is 1. The van der Waals surface area contributed by atoms with Gasteiger partial charge < -0.3 is 19.7 Å². The Kier molecular flexibility index (Phi) is 6.38. The van der Waals surface area contributed by atoms with Gasteiger partial charge in [-0.05, 0) is 56.2 Å². The molecule has 1 heterocycles. The second-order valence-corrected chi connectivity index (χ2v) is 7.98. The molecule has 28 heavy (non-hydrogen) atoms. The maximum absolute atomic E-state index is 6.29. The third kappa shape index (κ3) is 4.79. The fraction of sp³-hybridized carbons (Fsp3) is 0.500. The van der Waals surface area contributed by atoms with Crippen LogP contribution in [0.1, 0.15) is 37.7 Å². The number of hydrogen-bond acceptors (Lipinski definition) is 4. The summed E-state index contributed by atoms with van der Waals surface area (Å²) in [5, 5.41) is 3.69. The van der Waals surface area contributed by atoms with Crippen LogP contribution in [-0.2, 0) is 6.42 Å². The molecule has 0 amide bonds. The van der Waals surface area contributed by atoms with Gasteiger partial charge in [0.15, 0.2) is 11.5 Å². The number of piperazine rings is 1. The first-order valence-corrected chi connectivity index (χ1v) is 10.7. The lowest BCUT2D eigenvalue weighted by Gasteiger charge is -2.35. The number of ether oxygens (including phenoxy) is 2. The van der Waals surface area contributed by atoms with Crippen LogP contribution < -0.4 is 19.7 Å². The second-order valence-electron chi connectivity index (χ2n) is 7.98. The lowest BCUT2D eigenvalue weighted by atomic mass is 10.0. The molecule has 2 aromatic rings. The molecule has 150 valence electrons. The van der Waals surface area contributed by atoms with Gasteiger partial charge in [-0.2, -0.15) is 0 Å². The van der Waals surface area contributed by atoms with Gasteiger partial charge in [0, 0.05) is 37.4 Å². The van der Waals surface area contributed by atoms with Crippen molar-refractivity contribution in [3.05, 3.63) is 54.1 Å². The van der Waals surface area contributed by atoms with Gasteiger partial charge >= 0.3 is 0 Å². The summed E-state index contributed by atoms with van der Waals surface area (Å²) in [5.74, 6) is 1.73. The Hall–Kier alpha value is -2.20. The van der Waals surface area contributed by atoms with Crippen LogP contribution in [0, 0.1) is 0 Å². The topological polar surface area (TPSA) is 33.7 Å². The molecule has 1 N–H and O–H groups in total. The number of aryl methyl sites for hydroxylation is 1. The lowest BCUT2D eigenvalue weighted by Crippen LogP contribution is -2.50. The highest BCUT2D eigenvalue weighted by Gasteiger charge is 2.22. The van der Waals surface area contributed by atoms with E-state index in [0.29, 0.717) is 12.1 Å². The number of nitrogens with zero attached hydrogens (tertiary/aromatic N) is 1. The summed E-state index contributed by atoms with van der Waals surface area (Å²) in [4.78, 5) is 2.48. The molecular formula is C24H32N2O2. The van der Waals surface area contributed by atoms with E-state index >= 15 is 0 Å². The van der Waals surface area contributed by atoms with E-state index in [4.69, 9.17) is 9.47 Å². The molecule has 0 radical (unpaired) electrons. The van der Waals surface area contributed by atoms with Crippen molar-refractivity contribution < 1.29 is 9.47 Å². The SMILES string of the molecule is COc1ccc(N2CCN[C@H](CCc3ccccc3)C2)cc1OC1CCCC1. The lowest BCUT2D eigenvalue weighted by molar-refractivity contribution is 0.201. The van der Waals surface area contributed by atoms with Crippen LogP contribution in [0.2, 0.25) is 0 Å². The van der Waals surface area contributed by atoms with Gasteiger partial charge in [0.1, 0.15) is 0 Å². The highest BCUT2D eigenvalue weighted by Crippen LogP contribution is 2.35. The zero-order valence-corrected chi connectivity index (χ0v) is 16.9. The average Bonchev–Trinajstić information content (AvgIpc) is 3.26. The van der Waals surface area contributed by atoms with Crippen molar-refractivity contribution in [3.8, 4) is 11.5 Å². The van der Waals surface area contributed by atoms with Crippen molar-refractivity contribution in [1.82, 2.24) is 5.32 Å². The second kappa shape index (κ2) is 9.33. The Labute approximate surface area is 168 Å². The molecule has 2 aromatic carbocycles. The molecule has 1 aliphatic carbocycles. The number of rotatable bonds is 7. The van der Waals surface area contributed by atoms with E-state index in [1.807, 2.05) is 0 Å². The molecule has 1 saturated heterocycles. The van der Waals surface area contributed by atoms with E-state index in [2.05, 4.69) is 58.7 Å². The summed E-state index contributed by atoms with van der Waals surface area (Å²) in [5.41, 5.74) is 2.65. The first kappa shape index (κ1) is 19.1. The van der Waals surface area contributed by atoms with Crippen LogP contribution in [-0.4, -0.2) is 38.9 Å². The largest absolute Gasteiger partial charge is 0.493 e. The Morgan fingerprint density at radius 2 is 1.86 bits per heavy atom. The van der Waals surface area contributed by atoms with E-state index in [9.17, 15) is 0 Å². The predicted octanol–water partition coefficient (Wildman–Crippen LogP) is 4.43. The normalized spacial score (nSPS) is 20.3. The smallest absolute Gasteiger partial charge is 0.163 e. The summed E-state index contributed by atoms with van der Waals surface area (Å²) in [6, 6.07) is 17.7. The molecule has 4 rings (SSSR count). The summed E-state index contributed by atoms with van der Waals surface area (Å²) in [7, 11) is 1.72. The molecule has 4 heteroatoms. The molecule has 1 saturated carbocycles. The highest BCUT2D eigenvalue weighted by molar-refractivity contribution is 5.57. The van der Waals surface area contributed by atoms with Crippen molar-refractivity contribution >= 4 is 5.69 Å². The first-order valence-electron chi connectivity index (χ1n) is 10.7. The summed E-state index contributed by atoms with van der Waals surface area (Å²) in [6.45, 7) is 3.07. The van der Waals surface area contributed by atoms with E-state index in [0.717, 1.165) is 56.8 Å². The van der Waals surface area contributed by atoms with Crippen molar-refractivity contribution in [3.63, 3.8) is 0 Å². The minimum absolute atomic E-state index is 0.339. The molecule has 4 nitrogen and oxygen atoms in total. The molecule has 1 atom stereocenters. The maximum Gasteiger partial charge on any atom is 0.163 e. The van der Waals surface area contributed by atoms with Crippen molar-refractivity contribution in [2.45, 2.75) is 50.7 Å². The van der Waals surface area contributed by atoms with Gasteiger partial charge in [-0.1, -0.05) is 30.3 Å². The zero-order valence-electron chi connectivity index (χ0n) is 16.9. The van der Waals surface area contributed by atoms with Crippen molar-refractivity contribution in [2.75, 3.05) is 31.6 Å². The van der Waals surface area contributed by atoms with Gasteiger partial charge in [-0.25, -0.2) is 0 Å². The van der Waals surface area contributed by atoms with Gasteiger partial charge in [0.05, 0.1) is 13.2 Å². The van der Waals surface area contributed by atoms with Crippen LogP contribution >= 0.6 is 0 Å². The third-order valence-electron chi connectivity index (χ3n) is 5.99. The average molecular weight is 381 g/mol. The van der Waals surface area contributed by atoms with E-state index in [-0.39, 0.29) is 0 Å². The van der Waals surface area contributed by atoms with Gasteiger partial charge in [-0.15, -0.1) is 0 Å². The van der Waals surface area contributed by atoms with Crippen molar-refractivity contribution in [2.24, 2.45) is 0 Å². The summed E-state index contributed by atoms with van der Waals surface area (Å²) >= 11 is 0. The Bertz CT molecular complexity index is 744. The fourth-order valence-electron chi connectivity index (χ4n) is 4.38. The molecule has 0 aromatic heterocycles. The van der Waals surface area contributed by atoms with E-state index in [1.165, 1.54) is 24.1 Å². The monoisotopic (exact) mass is 380 g/mol. The van der Waals surface area contributed by atoms with Crippen molar-refractivity contribution in [1.29, 1.82) is 0 Å². The van der Waals surface area contributed by atoms with Gasteiger partial charge in [0.25, 0.3) is 0 Å². The van der Waals surface area contributed by atoms with Crippen LogP contribution in [0.5, 0.6) is 11.5 Å². The molecule has 2 fully saturated rings.